The zero-order valence-corrected chi connectivity index (χ0v) is 11.4. The summed E-state index contributed by atoms with van der Waals surface area (Å²) in [5, 5.41) is 3.10. The maximum Gasteiger partial charge on any atom is 0.165 e. The fourth-order valence-corrected chi connectivity index (χ4v) is 2.04. The Labute approximate surface area is 112 Å². The number of hydrogen-bond acceptors (Lipinski definition) is 3. The SMILES string of the molecule is CNCc1cnc(C)n1Cc1ccc(OC)c(F)c1. The summed E-state index contributed by atoms with van der Waals surface area (Å²) in [6.07, 6.45) is 1.84. The molecule has 19 heavy (non-hydrogen) atoms. The van der Waals surface area contributed by atoms with Gasteiger partial charge in [-0.25, -0.2) is 9.37 Å². The minimum Gasteiger partial charge on any atom is -0.494 e. The van der Waals surface area contributed by atoms with Gasteiger partial charge in [-0.3, -0.25) is 0 Å². The molecule has 0 aliphatic carbocycles. The molecule has 0 atom stereocenters. The van der Waals surface area contributed by atoms with E-state index < -0.39 is 0 Å². The summed E-state index contributed by atoms with van der Waals surface area (Å²) < 4.78 is 20.7. The van der Waals surface area contributed by atoms with Crippen molar-refractivity contribution in [3.63, 3.8) is 0 Å². The first-order valence-electron chi connectivity index (χ1n) is 6.13. The van der Waals surface area contributed by atoms with Crippen molar-refractivity contribution in [2.24, 2.45) is 0 Å². The Morgan fingerprint density at radius 3 is 2.84 bits per heavy atom. The second-order valence-electron chi connectivity index (χ2n) is 4.38. The molecule has 0 bridgehead atoms. The van der Waals surface area contributed by atoms with Crippen molar-refractivity contribution >= 4 is 0 Å². The van der Waals surface area contributed by atoms with Gasteiger partial charge < -0.3 is 14.6 Å². The Morgan fingerprint density at radius 2 is 2.21 bits per heavy atom. The number of benzene rings is 1. The summed E-state index contributed by atoms with van der Waals surface area (Å²) in [5.41, 5.74) is 1.97. The van der Waals surface area contributed by atoms with E-state index >= 15 is 0 Å². The molecule has 0 saturated heterocycles. The van der Waals surface area contributed by atoms with E-state index in [1.54, 1.807) is 6.07 Å². The van der Waals surface area contributed by atoms with Crippen molar-refractivity contribution < 1.29 is 9.13 Å². The molecule has 1 aromatic carbocycles. The summed E-state index contributed by atoms with van der Waals surface area (Å²) in [6.45, 7) is 3.28. The molecule has 2 rings (SSSR count). The smallest absolute Gasteiger partial charge is 0.165 e. The zero-order valence-electron chi connectivity index (χ0n) is 11.4. The molecule has 5 heteroatoms. The van der Waals surface area contributed by atoms with Crippen LogP contribution in [0.3, 0.4) is 0 Å². The van der Waals surface area contributed by atoms with E-state index in [9.17, 15) is 4.39 Å². The molecule has 0 spiro atoms. The van der Waals surface area contributed by atoms with Crippen LogP contribution in [0.15, 0.2) is 24.4 Å². The number of halogens is 1. The van der Waals surface area contributed by atoms with E-state index in [1.807, 2.05) is 26.2 Å². The number of imidazole rings is 1. The summed E-state index contributed by atoms with van der Waals surface area (Å²) >= 11 is 0. The molecule has 1 heterocycles. The maximum absolute atomic E-state index is 13.7. The zero-order chi connectivity index (χ0) is 13.8. The monoisotopic (exact) mass is 263 g/mol. The van der Waals surface area contributed by atoms with Crippen molar-refractivity contribution in [2.75, 3.05) is 14.2 Å². The summed E-state index contributed by atoms with van der Waals surface area (Å²) in [4.78, 5) is 4.29. The molecule has 0 aliphatic heterocycles. The highest BCUT2D eigenvalue weighted by atomic mass is 19.1. The fraction of sp³-hybridized carbons (Fsp3) is 0.357. The molecule has 0 aliphatic rings. The van der Waals surface area contributed by atoms with Crippen LogP contribution in [0.25, 0.3) is 0 Å². The third kappa shape index (κ3) is 2.93. The Morgan fingerprint density at radius 1 is 1.42 bits per heavy atom. The predicted molar refractivity (Wildman–Crippen MR) is 71.8 cm³/mol. The van der Waals surface area contributed by atoms with Crippen LogP contribution >= 0.6 is 0 Å². The molecular formula is C14H18FN3O. The van der Waals surface area contributed by atoms with Crippen LogP contribution in [0.5, 0.6) is 5.75 Å². The van der Waals surface area contributed by atoms with Gasteiger partial charge in [-0.2, -0.15) is 0 Å². The highest BCUT2D eigenvalue weighted by Crippen LogP contribution is 2.19. The number of ether oxygens (including phenoxy) is 1. The molecule has 0 unspecified atom stereocenters. The first-order valence-corrected chi connectivity index (χ1v) is 6.13. The van der Waals surface area contributed by atoms with E-state index in [4.69, 9.17) is 4.74 Å². The fourth-order valence-electron chi connectivity index (χ4n) is 2.04. The molecule has 0 radical (unpaired) electrons. The van der Waals surface area contributed by atoms with Crippen molar-refractivity contribution in [1.29, 1.82) is 0 Å². The molecule has 1 aromatic heterocycles. The number of rotatable bonds is 5. The Balaban J connectivity index is 2.25. The lowest BCUT2D eigenvalue weighted by molar-refractivity contribution is 0.386. The molecule has 4 nitrogen and oxygen atoms in total. The van der Waals surface area contributed by atoms with Gasteiger partial charge in [-0.15, -0.1) is 0 Å². The highest BCUT2D eigenvalue weighted by molar-refractivity contribution is 5.29. The quantitative estimate of drug-likeness (QED) is 0.898. The standard InChI is InChI=1S/C14H18FN3O/c1-10-17-8-12(7-16-2)18(10)9-11-4-5-14(19-3)13(15)6-11/h4-6,8,16H,7,9H2,1-3H3. The van der Waals surface area contributed by atoms with Crippen LogP contribution < -0.4 is 10.1 Å². The second kappa shape index (κ2) is 5.84. The Hall–Kier alpha value is -1.88. The van der Waals surface area contributed by atoms with Gasteiger partial charge in [-0.05, 0) is 31.7 Å². The molecule has 2 aromatic rings. The first-order chi connectivity index (χ1) is 9.15. The van der Waals surface area contributed by atoms with Crippen LogP contribution in [0.1, 0.15) is 17.1 Å². The van der Waals surface area contributed by atoms with E-state index in [0.717, 1.165) is 23.6 Å². The van der Waals surface area contributed by atoms with Gasteiger partial charge in [0.15, 0.2) is 11.6 Å². The summed E-state index contributed by atoms with van der Waals surface area (Å²) in [5.74, 6) is 0.843. The third-order valence-electron chi connectivity index (χ3n) is 3.05. The number of nitrogens with one attached hydrogen (secondary N) is 1. The molecule has 0 amide bonds. The average molecular weight is 263 g/mol. The van der Waals surface area contributed by atoms with E-state index in [1.165, 1.54) is 13.2 Å². The number of aryl methyl sites for hydroxylation is 1. The normalized spacial score (nSPS) is 10.7. The van der Waals surface area contributed by atoms with Gasteiger partial charge >= 0.3 is 0 Å². The summed E-state index contributed by atoms with van der Waals surface area (Å²) in [6, 6.07) is 5.01. The van der Waals surface area contributed by atoms with Gasteiger partial charge in [0.25, 0.3) is 0 Å². The van der Waals surface area contributed by atoms with Crippen molar-refractivity contribution in [2.45, 2.75) is 20.0 Å². The highest BCUT2D eigenvalue weighted by Gasteiger charge is 2.08. The molecule has 102 valence electrons. The maximum atomic E-state index is 13.7. The molecule has 0 fully saturated rings. The Kier molecular flexibility index (Phi) is 4.16. The lowest BCUT2D eigenvalue weighted by Gasteiger charge is -2.11. The van der Waals surface area contributed by atoms with Crippen LogP contribution in [0, 0.1) is 12.7 Å². The van der Waals surface area contributed by atoms with Gasteiger partial charge in [0.1, 0.15) is 5.82 Å². The lowest BCUT2D eigenvalue weighted by atomic mass is 10.2. The first kappa shape index (κ1) is 13.5. The second-order valence-corrected chi connectivity index (χ2v) is 4.38. The average Bonchev–Trinajstić information content (AvgIpc) is 2.72. The van der Waals surface area contributed by atoms with Crippen molar-refractivity contribution in [1.82, 2.24) is 14.9 Å². The molecular weight excluding hydrogens is 245 g/mol. The van der Waals surface area contributed by atoms with Crippen molar-refractivity contribution in [3.05, 3.63) is 47.3 Å². The molecule has 1 N–H and O–H groups in total. The van der Waals surface area contributed by atoms with Gasteiger partial charge in [0.2, 0.25) is 0 Å². The lowest BCUT2D eigenvalue weighted by Crippen LogP contribution is -2.13. The Bertz CT molecular complexity index is 566. The topological polar surface area (TPSA) is 39.1 Å². The largest absolute Gasteiger partial charge is 0.494 e. The number of nitrogens with zero attached hydrogens (tertiary/aromatic N) is 2. The minimum atomic E-state index is -0.340. The van der Waals surface area contributed by atoms with Gasteiger partial charge in [0.05, 0.1) is 12.8 Å². The van der Waals surface area contributed by atoms with Crippen LogP contribution in [0.2, 0.25) is 0 Å². The van der Waals surface area contributed by atoms with E-state index in [-0.39, 0.29) is 11.6 Å². The van der Waals surface area contributed by atoms with Crippen molar-refractivity contribution in [3.8, 4) is 5.75 Å². The number of methoxy groups -OCH3 is 1. The van der Waals surface area contributed by atoms with Crippen LogP contribution in [-0.2, 0) is 13.1 Å². The van der Waals surface area contributed by atoms with Gasteiger partial charge in [-0.1, -0.05) is 6.07 Å². The van der Waals surface area contributed by atoms with Gasteiger partial charge in [0, 0.05) is 19.3 Å². The number of aromatic nitrogens is 2. The molecule has 0 saturated carbocycles. The predicted octanol–water partition coefficient (Wildman–Crippen LogP) is 2.11. The summed E-state index contributed by atoms with van der Waals surface area (Å²) in [7, 11) is 3.35. The minimum absolute atomic E-state index is 0.265. The third-order valence-corrected chi connectivity index (χ3v) is 3.05. The van der Waals surface area contributed by atoms with E-state index in [2.05, 4.69) is 14.9 Å². The van der Waals surface area contributed by atoms with Crippen LogP contribution in [-0.4, -0.2) is 23.7 Å². The van der Waals surface area contributed by atoms with Crippen LogP contribution in [0.4, 0.5) is 4.39 Å². The van der Waals surface area contributed by atoms with E-state index in [0.29, 0.717) is 6.54 Å². The number of hydrogen-bond donors (Lipinski definition) is 1.